The van der Waals surface area contributed by atoms with E-state index < -0.39 is 48.5 Å². The first-order valence-electron chi connectivity index (χ1n) is 16.0. The van der Waals surface area contributed by atoms with E-state index in [1.807, 2.05) is 17.5 Å². The van der Waals surface area contributed by atoms with Gasteiger partial charge in [0, 0.05) is 37.7 Å². The monoisotopic (exact) mass is 697 g/mol. The van der Waals surface area contributed by atoms with Gasteiger partial charge in [-0.05, 0) is 72.5 Å². The van der Waals surface area contributed by atoms with E-state index in [0.29, 0.717) is 37.5 Å². The summed E-state index contributed by atoms with van der Waals surface area (Å²) in [5, 5.41) is 29.0. The van der Waals surface area contributed by atoms with Gasteiger partial charge in [0.05, 0.1) is 18.7 Å². The van der Waals surface area contributed by atoms with Crippen LogP contribution in [0.5, 0.6) is 5.75 Å². The van der Waals surface area contributed by atoms with E-state index >= 15 is 0 Å². The number of phenolic OH excluding ortho intramolecular Hbond substituents is 1. The van der Waals surface area contributed by atoms with Crippen LogP contribution in [-0.4, -0.2) is 89.4 Å². The Kier molecular flexibility index (Phi) is 15.8. The summed E-state index contributed by atoms with van der Waals surface area (Å²) in [7, 11) is 1.51. The lowest BCUT2D eigenvalue weighted by Crippen LogP contribution is -2.53. The van der Waals surface area contributed by atoms with Crippen LogP contribution in [0.15, 0.2) is 66.0 Å². The number of nitrogens with zero attached hydrogens (tertiary/aromatic N) is 1. The van der Waals surface area contributed by atoms with Gasteiger partial charge in [-0.3, -0.25) is 19.2 Å². The lowest BCUT2D eigenvalue weighted by molar-refractivity contribution is -0.139. The van der Waals surface area contributed by atoms with Gasteiger partial charge in [0.1, 0.15) is 29.9 Å². The molecule has 0 aliphatic rings. The van der Waals surface area contributed by atoms with E-state index in [4.69, 9.17) is 5.73 Å². The van der Waals surface area contributed by atoms with Crippen LogP contribution < -0.4 is 21.7 Å². The minimum Gasteiger partial charge on any atom is -0.508 e. The lowest BCUT2D eigenvalue weighted by Gasteiger charge is -2.29. The molecule has 0 fully saturated rings. The number of hydrogen-bond acceptors (Lipinski definition) is 9. The first kappa shape index (κ1) is 38.8. The zero-order chi connectivity index (χ0) is 35.8. The van der Waals surface area contributed by atoms with E-state index in [9.17, 15) is 38.6 Å². The van der Waals surface area contributed by atoms with Crippen LogP contribution in [0.4, 0.5) is 4.39 Å². The third kappa shape index (κ3) is 13.0. The number of aromatic hydroxyl groups is 1. The van der Waals surface area contributed by atoms with Crippen LogP contribution in [0.1, 0.15) is 41.7 Å². The number of benzene rings is 2. The van der Waals surface area contributed by atoms with E-state index in [2.05, 4.69) is 16.0 Å². The van der Waals surface area contributed by atoms with Crippen molar-refractivity contribution in [3.63, 3.8) is 0 Å². The predicted molar refractivity (Wildman–Crippen MR) is 183 cm³/mol. The van der Waals surface area contributed by atoms with E-state index in [-0.39, 0.29) is 43.3 Å². The molecular weight excluding hydrogens is 653 g/mol. The van der Waals surface area contributed by atoms with Gasteiger partial charge in [0.25, 0.3) is 0 Å². The number of halogens is 1. The Labute approximate surface area is 288 Å². The molecule has 4 atom stereocenters. The van der Waals surface area contributed by atoms with Gasteiger partial charge < -0.3 is 41.6 Å². The number of hydrogen-bond donors (Lipinski definition) is 6. The summed E-state index contributed by atoms with van der Waals surface area (Å²) in [6.45, 7) is -0.419. The van der Waals surface area contributed by atoms with Crippen LogP contribution in [0, 0.1) is 5.82 Å². The number of likely N-dealkylation sites (N-methyl/N-ethyl adjacent to an activating group) is 1. The summed E-state index contributed by atoms with van der Waals surface area (Å²) in [4.78, 5) is 65.7. The van der Waals surface area contributed by atoms with Gasteiger partial charge in [0.2, 0.25) is 23.6 Å². The van der Waals surface area contributed by atoms with Crippen molar-refractivity contribution in [2.75, 3.05) is 20.2 Å². The van der Waals surface area contributed by atoms with Crippen molar-refractivity contribution in [2.24, 2.45) is 5.73 Å². The van der Waals surface area contributed by atoms with Gasteiger partial charge >= 0.3 is 0 Å². The number of aliphatic hydroxyl groups is 1. The van der Waals surface area contributed by atoms with E-state index in [0.717, 1.165) is 10.4 Å². The molecule has 4 amide bonds. The largest absolute Gasteiger partial charge is 0.508 e. The fourth-order valence-electron chi connectivity index (χ4n) is 5.00. The van der Waals surface area contributed by atoms with E-state index in [1.165, 1.54) is 47.5 Å². The summed E-state index contributed by atoms with van der Waals surface area (Å²) < 4.78 is 13.3. The predicted octanol–water partition coefficient (Wildman–Crippen LogP) is 1.61. The molecule has 0 unspecified atom stereocenters. The summed E-state index contributed by atoms with van der Waals surface area (Å²) in [6, 6.07) is 11.9. The Balaban J connectivity index is 1.49. The van der Waals surface area contributed by atoms with Crippen molar-refractivity contribution in [1.82, 2.24) is 20.9 Å². The normalized spacial score (nSPS) is 13.4. The van der Waals surface area contributed by atoms with Crippen molar-refractivity contribution in [2.45, 2.75) is 69.1 Å². The molecule has 1 heterocycles. The minimum absolute atomic E-state index is 0.0522. The fraction of sp³-hybridized carbons (Fsp3) is 0.400. The third-order valence-electron chi connectivity index (χ3n) is 7.96. The second-order valence-electron chi connectivity index (χ2n) is 11.7. The highest BCUT2D eigenvalue weighted by atomic mass is 32.1. The number of nitrogens with one attached hydrogen (secondary N) is 3. The second kappa shape index (κ2) is 20.0. The molecule has 12 nitrogen and oxygen atoms in total. The van der Waals surface area contributed by atoms with Crippen LogP contribution in [0.2, 0.25) is 0 Å². The Morgan fingerprint density at radius 3 is 2.27 bits per heavy atom. The molecule has 1 aromatic heterocycles. The van der Waals surface area contributed by atoms with Crippen LogP contribution in [-0.2, 0) is 43.2 Å². The van der Waals surface area contributed by atoms with Crippen LogP contribution in [0.25, 0.3) is 0 Å². The SMILES string of the molecule is CN(C(=O)CCc1ccc(F)cc1)[C@@H](Cc1ccc(O)cc1)C(=O)N[C@@H](C=O)CCCCNC(=O)[C@H](CO)NC(=O)[C@@H](N)Cc1cccs1. The van der Waals surface area contributed by atoms with Gasteiger partial charge in [-0.1, -0.05) is 30.3 Å². The molecule has 3 aromatic rings. The molecule has 0 saturated carbocycles. The molecule has 0 aliphatic heterocycles. The number of amides is 4. The third-order valence-corrected chi connectivity index (χ3v) is 8.86. The quantitative estimate of drug-likeness (QED) is 0.0758. The first-order valence-corrected chi connectivity index (χ1v) is 16.9. The maximum absolute atomic E-state index is 13.5. The molecule has 7 N–H and O–H groups in total. The summed E-state index contributed by atoms with van der Waals surface area (Å²) in [5.41, 5.74) is 7.40. The molecule has 0 aliphatic carbocycles. The molecule has 0 bridgehead atoms. The van der Waals surface area contributed by atoms with Gasteiger partial charge in [-0.25, -0.2) is 4.39 Å². The highest BCUT2D eigenvalue weighted by Gasteiger charge is 2.29. The first-order chi connectivity index (χ1) is 23.5. The average molecular weight is 698 g/mol. The zero-order valence-electron chi connectivity index (χ0n) is 27.3. The molecule has 0 spiro atoms. The number of rotatable bonds is 20. The molecule has 14 heteroatoms. The molecular formula is C35H44FN5O7S. The standard InChI is InChI=1S/C35H44FN5O7S/c1-41(32(45)16-11-23-7-12-25(36)13-8-23)31(19-24-9-14-27(44)15-10-24)35(48)39-26(21-42)5-2-3-17-38-34(47)30(22-43)40-33(46)29(37)20-28-6-4-18-49-28/h4,6-10,12-15,18,21,26,29-31,43-44H,2-3,5,11,16-17,19-20,22,37H2,1H3,(H,38,47)(H,39,48)(H,40,46)/t26-,29+,30+,31+/m1/s1. The molecule has 3 rings (SSSR count). The van der Waals surface area contributed by atoms with Crippen molar-refractivity contribution in [3.05, 3.63) is 87.9 Å². The Morgan fingerprint density at radius 2 is 1.63 bits per heavy atom. The Bertz CT molecular complexity index is 1510. The number of carbonyl (C=O) groups excluding carboxylic acids is 5. The molecule has 264 valence electrons. The zero-order valence-corrected chi connectivity index (χ0v) is 28.2. The summed E-state index contributed by atoms with van der Waals surface area (Å²) in [6.07, 6.45) is 2.61. The number of thiophene rings is 1. The number of aliphatic hydroxyl groups excluding tert-OH is 1. The van der Waals surface area contributed by atoms with Crippen molar-refractivity contribution < 1.29 is 38.6 Å². The van der Waals surface area contributed by atoms with Crippen molar-refractivity contribution >= 4 is 41.3 Å². The number of aryl methyl sites for hydroxylation is 1. The number of phenols is 1. The highest BCUT2D eigenvalue weighted by molar-refractivity contribution is 7.09. The van der Waals surface area contributed by atoms with Crippen LogP contribution >= 0.6 is 11.3 Å². The number of nitrogens with two attached hydrogens (primary N) is 1. The van der Waals surface area contributed by atoms with E-state index in [1.54, 1.807) is 24.3 Å². The Hall–Kier alpha value is -4.66. The number of unbranched alkanes of at least 4 members (excludes halogenated alkanes) is 1. The Morgan fingerprint density at radius 1 is 0.939 bits per heavy atom. The van der Waals surface area contributed by atoms with Crippen molar-refractivity contribution in [1.29, 1.82) is 0 Å². The van der Waals surface area contributed by atoms with Gasteiger partial charge in [-0.15, -0.1) is 11.3 Å². The maximum atomic E-state index is 13.5. The van der Waals surface area contributed by atoms with Crippen molar-refractivity contribution in [3.8, 4) is 5.75 Å². The lowest BCUT2D eigenvalue weighted by atomic mass is 10.0. The number of aldehydes is 1. The average Bonchev–Trinajstić information content (AvgIpc) is 3.61. The fourth-order valence-corrected chi connectivity index (χ4v) is 5.77. The van der Waals surface area contributed by atoms with Gasteiger partial charge in [0.15, 0.2) is 0 Å². The highest BCUT2D eigenvalue weighted by Crippen LogP contribution is 2.16. The molecule has 2 aromatic carbocycles. The maximum Gasteiger partial charge on any atom is 0.244 e. The summed E-state index contributed by atoms with van der Waals surface area (Å²) in [5.74, 6) is -2.32. The summed E-state index contributed by atoms with van der Waals surface area (Å²) >= 11 is 1.46. The molecule has 0 radical (unpaired) electrons. The topological polar surface area (TPSA) is 191 Å². The second-order valence-corrected chi connectivity index (χ2v) is 12.7. The van der Waals surface area contributed by atoms with Crippen LogP contribution in [0.3, 0.4) is 0 Å². The molecule has 0 saturated heterocycles. The smallest absolute Gasteiger partial charge is 0.244 e. The van der Waals surface area contributed by atoms with Gasteiger partial charge in [-0.2, -0.15) is 0 Å². The number of carbonyl (C=O) groups is 5. The minimum atomic E-state index is -1.18. The molecule has 49 heavy (non-hydrogen) atoms.